The number of carbonyl (C=O) groups excluding carboxylic acids is 1. The van der Waals surface area contributed by atoms with Crippen LogP contribution < -0.4 is 5.32 Å². The maximum Gasteiger partial charge on any atom is 0.224 e. The van der Waals surface area contributed by atoms with Crippen molar-refractivity contribution >= 4 is 5.91 Å². The Morgan fingerprint density at radius 2 is 1.82 bits per heavy atom. The van der Waals surface area contributed by atoms with Crippen LogP contribution in [0.25, 0.3) is 0 Å². The average Bonchev–Trinajstić information content (AvgIpc) is 2.39. The minimum atomic E-state index is 0.132. The van der Waals surface area contributed by atoms with E-state index in [4.69, 9.17) is 0 Å². The number of rotatable bonds is 1. The third kappa shape index (κ3) is 1.99. The van der Waals surface area contributed by atoms with Gasteiger partial charge in [-0.1, -0.05) is 35.9 Å². The molecule has 17 heavy (non-hydrogen) atoms. The summed E-state index contributed by atoms with van der Waals surface area (Å²) in [5.74, 6) is 0.180. The van der Waals surface area contributed by atoms with E-state index >= 15 is 0 Å². The Morgan fingerprint density at radius 3 is 2.65 bits per heavy atom. The first-order valence-electron chi connectivity index (χ1n) is 6.40. The van der Waals surface area contributed by atoms with Gasteiger partial charge in [-0.05, 0) is 36.8 Å². The third-order valence-electron chi connectivity index (χ3n) is 3.79. The Morgan fingerprint density at radius 1 is 1.06 bits per heavy atom. The highest BCUT2D eigenvalue weighted by molar-refractivity contribution is 5.81. The fourth-order valence-corrected chi connectivity index (χ4v) is 2.96. The lowest BCUT2D eigenvalue weighted by molar-refractivity contribution is -0.121. The smallest absolute Gasteiger partial charge is 0.224 e. The highest BCUT2D eigenvalue weighted by atomic mass is 16.1. The maximum atomic E-state index is 11.8. The molecule has 2 aliphatic rings. The molecule has 0 saturated carbocycles. The second-order valence-electron chi connectivity index (χ2n) is 4.92. The molecule has 1 N–H and O–H groups in total. The number of hydrogen-bond acceptors (Lipinski definition) is 1. The topological polar surface area (TPSA) is 29.1 Å². The van der Waals surface area contributed by atoms with E-state index in [9.17, 15) is 4.79 Å². The zero-order valence-corrected chi connectivity index (χ0v) is 9.91. The molecule has 1 aromatic carbocycles. The van der Waals surface area contributed by atoms with E-state index in [1.165, 1.54) is 29.6 Å². The summed E-state index contributed by atoms with van der Waals surface area (Å²) >= 11 is 0. The molecule has 3 rings (SSSR count). The molecular formula is C15H17NO. The number of nitrogens with one attached hydrogen (secondary N) is 1. The van der Waals surface area contributed by atoms with Crippen LogP contribution >= 0.6 is 0 Å². The molecule has 2 nitrogen and oxygen atoms in total. The van der Waals surface area contributed by atoms with Crippen LogP contribution in [-0.2, 0) is 4.79 Å². The lowest BCUT2D eigenvalue weighted by atomic mass is 9.81. The molecule has 88 valence electrons. The van der Waals surface area contributed by atoms with Gasteiger partial charge in [-0.25, -0.2) is 0 Å². The van der Waals surface area contributed by atoms with Gasteiger partial charge in [0.2, 0.25) is 5.91 Å². The van der Waals surface area contributed by atoms with Crippen molar-refractivity contribution in [1.29, 1.82) is 0 Å². The van der Waals surface area contributed by atoms with Crippen molar-refractivity contribution in [2.24, 2.45) is 0 Å². The van der Waals surface area contributed by atoms with Crippen molar-refractivity contribution in [3.63, 3.8) is 0 Å². The lowest BCUT2D eigenvalue weighted by Gasteiger charge is -2.32. The van der Waals surface area contributed by atoms with Crippen molar-refractivity contribution in [2.45, 2.75) is 38.1 Å². The standard InChI is InChI=1S/C15H17NO/c17-14-10-12-8-4-5-9-13(12)15(16-14)11-6-2-1-3-7-11/h1-3,6-7,15H,4-5,8-10H2,(H,16,17). The average molecular weight is 227 g/mol. The van der Waals surface area contributed by atoms with Crippen molar-refractivity contribution in [3.05, 3.63) is 47.0 Å². The van der Waals surface area contributed by atoms with E-state index in [2.05, 4.69) is 17.4 Å². The zero-order chi connectivity index (χ0) is 11.7. The SMILES string of the molecule is O=C1CC2=C(CCCC2)C(c2ccccc2)N1. The molecule has 0 saturated heterocycles. The molecule has 1 aliphatic heterocycles. The van der Waals surface area contributed by atoms with E-state index < -0.39 is 0 Å². The van der Waals surface area contributed by atoms with Crippen LogP contribution in [0, 0.1) is 0 Å². The quantitative estimate of drug-likeness (QED) is 0.734. The summed E-state index contributed by atoms with van der Waals surface area (Å²) in [6, 6.07) is 10.4. The van der Waals surface area contributed by atoms with Crippen LogP contribution in [0.4, 0.5) is 0 Å². The molecule has 0 spiro atoms. The molecule has 0 aromatic heterocycles. The molecule has 0 fully saturated rings. The largest absolute Gasteiger partial charge is 0.345 e. The van der Waals surface area contributed by atoms with E-state index in [1.54, 1.807) is 0 Å². The van der Waals surface area contributed by atoms with Crippen LogP contribution in [0.15, 0.2) is 41.5 Å². The van der Waals surface area contributed by atoms with Gasteiger partial charge < -0.3 is 5.32 Å². The molecule has 2 heteroatoms. The van der Waals surface area contributed by atoms with Crippen LogP contribution in [0.2, 0.25) is 0 Å². The Hall–Kier alpha value is -1.57. The summed E-state index contributed by atoms with van der Waals surface area (Å²) < 4.78 is 0. The first kappa shape index (κ1) is 10.6. The summed E-state index contributed by atoms with van der Waals surface area (Å²) in [6.45, 7) is 0. The van der Waals surface area contributed by atoms with Gasteiger partial charge in [-0.3, -0.25) is 4.79 Å². The normalized spacial score (nSPS) is 24.2. The number of hydrogen-bond donors (Lipinski definition) is 1. The number of amides is 1. The first-order chi connectivity index (χ1) is 8.34. The van der Waals surface area contributed by atoms with Crippen molar-refractivity contribution in [3.8, 4) is 0 Å². The van der Waals surface area contributed by atoms with Gasteiger partial charge in [-0.15, -0.1) is 0 Å². The molecule has 1 heterocycles. The van der Waals surface area contributed by atoms with Crippen molar-refractivity contribution < 1.29 is 4.79 Å². The van der Waals surface area contributed by atoms with Gasteiger partial charge in [0, 0.05) is 6.42 Å². The van der Waals surface area contributed by atoms with Gasteiger partial charge in [0.1, 0.15) is 0 Å². The molecule has 1 unspecified atom stereocenters. The summed E-state index contributed by atoms with van der Waals surface area (Å²) in [5.41, 5.74) is 4.09. The minimum Gasteiger partial charge on any atom is -0.345 e. The summed E-state index contributed by atoms with van der Waals surface area (Å²) in [4.78, 5) is 11.8. The van der Waals surface area contributed by atoms with Crippen LogP contribution in [0.1, 0.15) is 43.7 Å². The molecule has 1 aromatic rings. The Bertz CT molecular complexity index is 461. The van der Waals surface area contributed by atoms with E-state index in [0.29, 0.717) is 6.42 Å². The maximum absolute atomic E-state index is 11.8. The number of carbonyl (C=O) groups is 1. The van der Waals surface area contributed by atoms with Crippen LogP contribution in [0.3, 0.4) is 0 Å². The molecular weight excluding hydrogens is 210 g/mol. The Kier molecular flexibility index (Phi) is 2.71. The monoisotopic (exact) mass is 227 g/mol. The fourth-order valence-electron chi connectivity index (χ4n) is 2.96. The zero-order valence-electron chi connectivity index (χ0n) is 9.91. The number of benzene rings is 1. The predicted molar refractivity (Wildman–Crippen MR) is 67.4 cm³/mol. The van der Waals surface area contributed by atoms with Crippen LogP contribution in [-0.4, -0.2) is 5.91 Å². The Labute approximate surface area is 102 Å². The van der Waals surface area contributed by atoms with E-state index in [1.807, 2.05) is 18.2 Å². The second-order valence-corrected chi connectivity index (χ2v) is 4.92. The minimum absolute atomic E-state index is 0.132. The van der Waals surface area contributed by atoms with Crippen molar-refractivity contribution in [1.82, 2.24) is 5.32 Å². The lowest BCUT2D eigenvalue weighted by Crippen LogP contribution is -2.35. The van der Waals surface area contributed by atoms with Gasteiger partial charge in [0.25, 0.3) is 0 Å². The summed E-state index contributed by atoms with van der Waals surface area (Å²) in [5, 5.41) is 3.14. The molecule has 1 amide bonds. The molecule has 0 radical (unpaired) electrons. The molecule has 1 atom stereocenters. The predicted octanol–water partition coefficient (Wildman–Crippen LogP) is 3.12. The van der Waals surface area contributed by atoms with E-state index in [0.717, 1.165) is 12.8 Å². The van der Waals surface area contributed by atoms with Gasteiger partial charge in [0.05, 0.1) is 6.04 Å². The van der Waals surface area contributed by atoms with Gasteiger partial charge in [0.15, 0.2) is 0 Å². The highest BCUT2D eigenvalue weighted by Gasteiger charge is 2.29. The molecule has 0 bridgehead atoms. The highest BCUT2D eigenvalue weighted by Crippen LogP contribution is 2.38. The summed E-state index contributed by atoms with van der Waals surface area (Å²) in [6.07, 6.45) is 5.39. The van der Waals surface area contributed by atoms with Gasteiger partial charge in [-0.2, -0.15) is 0 Å². The first-order valence-corrected chi connectivity index (χ1v) is 6.40. The van der Waals surface area contributed by atoms with Gasteiger partial charge >= 0.3 is 0 Å². The summed E-state index contributed by atoms with van der Waals surface area (Å²) in [7, 11) is 0. The third-order valence-corrected chi connectivity index (χ3v) is 3.79. The van der Waals surface area contributed by atoms with Crippen molar-refractivity contribution in [2.75, 3.05) is 0 Å². The Balaban J connectivity index is 2.00. The second kappa shape index (κ2) is 4.36. The molecule has 1 aliphatic carbocycles. The van der Waals surface area contributed by atoms with E-state index in [-0.39, 0.29) is 11.9 Å². The van der Waals surface area contributed by atoms with Crippen LogP contribution in [0.5, 0.6) is 0 Å². The fraction of sp³-hybridized carbons (Fsp3) is 0.400.